The van der Waals surface area contributed by atoms with Crippen LogP contribution in [0.2, 0.25) is 10.0 Å². The summed E-state index contributed by atoms with van der Waals surface area (Å²) in [5.74, 6) is -0.256. The Kier molecular flexibility index (Phi) is 7.58. The number of benzene rings is 1. The summed E-state index contributed by atoms with van der Waals surface area (Å²) in [4.78, 5) is 11.4. The topological polar surface area (TPSA) is 101 Å². The van der Waals surface area contributed by atoms with Crippen LogP contribution in [0.25, 0.3) is 0 Å². The number of hydrogen-bond donors (Lipinski definition) is 3. The van der Waals surface area contributed by atoms with Gasteiger partial charge in [-0.25, -0.2) is 13.1 Å². The van der Waals surface area contributed by atoms with E-state index < -0.39 is 10.0 Å². The van der Waals surface area contributed by atoms with Crippen LogP contribution in [0, 0.1) is 0 Å². The van der Waals surface area contributed by atoms with E-state index in [9.17, 15) is 13.2 Å². The van der Waals surface area contributed by atoms with Gasteiger partial charge in [0.15, 0.2) is 0 Å². The third kappa shape index (κ3) is 6.10. The first-order valence-corrected chi connectivity index (χ1v) is 8.94. The Labute approximate surface area is 140 Å². The fraction of sp³-hybridized carbons (Fsp3) is 0.462. The number of sulfonamides is 1. The number of hydrogen-bond acceptors (Lipinski definition) is 4. The number of nitrogens with one attached hydrogen (secondary N) is 2. The van der Waals surface area contributed by atoms with E-state index in [0.29, 0.717) is 13.0 Å². The van der Waals surface area contributed by atoms with Crippen molar-refractivity contribution in [3.05, 3.63) is 28.2 Å². The lowest BCUT2D eigenvalue weighted by atomic mass is 10.2. The lowest BCUT2D eigenvalue weighted by Crippen LogP contribution is -2.33. The fourth-order valence-electron chi connectivity index (χ4n) is 1.64. The van der Waals surface area contributed by atoms with Crippen LogP contribution in [-0.4, -0.2) is 33.5 Å². The number of carbonyl (C=O) groups is 1. The average molecular weight is 368 g/mol. The minimum absolute atomic E-state index is 0.00108. The van der Waals surface area contributed by atoms with E-state index in [0.717, 1.165) is 0 Å². The summed E-state index contributed by atoms with van der Waals surface area (Å²) in [6.45, 7) is 2.25. The number of amides is 1. The van der Waals surface area contributed by atoms with Crippen molar-refractivity contribution in [3.63, 3.8) is 0 Å². The molecule has 1 atom stereocenters. The van der Waals surface area contributed by atoms with Crippen LogP contribution in [0.3, 0.4) is 0 Å². The normalized spacial score (nSPS) is 12.9. The first-order valence-electron chi connectivity index (χ1n) is 6.70. The van der Waals surface area contributed by atoms with E-state index in [1.54, 1.807) is 6.07 Å². The third-order valence-electron chi connectivity index (χ3n) is 2.75. The van der Waals surface area contributed by atoms with Crippen molar-refractivity contribution in [2.45, 2.75) is 30.7 Å². The molecule has 1 aromatic rings. The van der Waals surface area contributed by atoms with Gasteiger partial charge >= 0.3 is 0 Å². The molecule has 124 valence electrons. The Hall–Kier alpha value is -0.860. The smallest absolute Gasteiger partial charge is 0.243 e. The summed E-state index contributed by atoms with van der Waals surface area (Å²) in [6, 6.07) is 4.42. The van der Waals surface area contributed by atoms with Gasteiger partial charge in [-0.2, -0.15) is 0 Å². The predicted octanol–water partition coefficient (Wildman–Crippen LogP) is 1.52. The van der Waals surface area contributed by atoms with Gasteiger partial charge in [0.05, 0.1) is 10.0 Å². The monoisotopic (exact) mass is 367 g/mol. The third-order valence-corrected chi connectivity index (χ3v) is 5.17. The van der Waals surface area contributed by atoms with Crippen molar-refractivity contribution in [2.24, 2.45) is 5.73 Å². The summed E-state index contributed by atoms with van der Waals surface area (Å²) in [5, 5.41) is 2.72. The molecule has 0 saturated carbocycles. The van der Waals surface area contributed by atoms with Gasteiger partial charge in [0.25, 0.3) is 0 Å². The maximum atomic E-state index is 12.1. The molecule has 9 heteroatoms. The second kappa shape index (κ2) is 8.69. The van der Waals surface area contributed by atoms with Crippen molar-refractivity contribution in [1.82, 2.24) is 10.0 Å². The van der Waals surface area contributed by atoms with E-state index in [1.165, 1.54) is 12.1 Å². The molecule has 0 aliphatic carbocycles. The predicted molar refractivity (Wildman–Crippen MR) is 87.5 cm³/mol. The molecule has 4 N–H and O–H groups in total. The quantitative estimate of drug-likeness (QED) is 0.647. The Morgan fingerprint density at radius 1 is 1.27 bits per heavy atom. The summed E-state index contributed by atoms with van der Waals surface area (Å²) < 4.78 is 26.6. The van der Waals surface area contributed by atoms with Gasteiger partial charge in [-0.3, -0.25) is 4.79 Å². The van der Waals surface area contributed by atoms with Gasteiger partial charge in [-0.1, -0.05) is 29.3 Å². The Bertz CT molecular complexity index is 601. The summed E-state index contributed by atoms with van der Waals surface area (Å²) in [5.41, 5.74) is 5.56. The molecule has 1 rings (SSSR count). The highest BCUT2D eigenvalue weighted by Gasteiger charge is 2.21. The van der Waals surface area contributed by atoms with Gasteiger partial charge in [0, 0.05) is 25.6 Å². The molecule has 0 aliphatic rings. The van der Waals surface area contributed by atoms with Crippen molar-refractivity contribution in [1.29, 1.82) is 0 Å². The molecular weight excluding hydrogens is 349 g/mol. The molecule has 0 radical (unpaired) electrons. The number of halogens is 2. The fourth-order valence-corrected chi connectivity index (χ4v) is 3.81. The first kappa shape index (κ1) is 19.2. The van der Waals surface area contributed by atoms with Crippen LogP contribution in [0.4, 0.5) is 0 Å². The summed E-state index contributed by atoms with van der Waals surface area (Å²) >= 11 is 11.7. The molecule has 1 aromatic carbocycles. The van der Waals surface area contributed by atoms with Crippen molar-refractivity contribution in [3.8, 4) is 0 Å². The van der Waals surface area contributed by atoms with Crippen LogP contribution in [0.15, 0.2) is 23.1 Å². The SMILES string of the molecule is CC(N)CCNC(=O)CCNS(=O)(=O)c1c(Cl)cccc1Cl. The Morgan fingerprint density at radius 3 is 2.41 bits per heavy atom. The molecule has 1 unspecified atom stereocenters. The molecule has 0 saturated heterocycles. The van der Waals surface area contributed by atoms with Crippen LogP contribution < -0.4 is 15.8 Å². The largest absolute Gasteiger partial charge is 0.356 e. The molecule has 1 amide bonds. The van der Waals surface area contributed by atoms with Crippen molar-refractivity contribution < 1.29 is 13.2 Å². The lowest BCUT2D eigenvalue weighted by molar-refractivity contribution is -0.120. The van der Waals surface area contributed by atoms with E-state index in [2.05, 4.69) is 10.0 Å². The van der Waals surface area contributed by atoms with Crippen LogP contribution in [-0.2, 0) is 14.8 Å². The lowest BCUT2D eigenvalue weighted by Gasteiger charge is -2.10. The second-order valence-electron chi connectivity index (χ2n) is 4.81. The molecule has 0 heterocycles. The minimum Gasteiger partial charge on any atom is -0.356 e. The molecule has 22 heavy (non-hydrogen) atoms. The zero-order chi connectivity index (χ0) is 16.8. The van der Waals surface area contributed by atoms with Crippen LogP contribution in [0.1, 0.15) is 19.8 Å². The average Bonchev–Trinajstić information content (AvgIpc) is 2.37. The number of nitrogens with two attached hydrogens (primary N) is 1. The molecule has 0 aliphatic heterocycles. The highest BCUT2D eigenvalue weighted by molar-refractivity contribution is 7.89. The second-order valence-corrected chi connectivity index (χ2v) is 7.33. The van der Waals surface area contributed by atoms with Gasteiger partial charge < -0.3 is 11.1 Å². The van der Waals surface area contributed by atoms with Crippen molar-refractivity contribution in [2.75, 3.05) is 13.1 Å². The van der Waals surface area contributed by atoms with Crippen molar-refractivity contribution >= 4 is 39.1 Å². The molecule has 0 spiro atoms. The molecule has 0 bridgehead atoms. The van der Waals surface area contributed by atoms with E-state index >= 15 is 0 Å². The first-order chi connectivity index (χ1) is 10.2. The minimum atomic E-state index is -3.87. The zero-order valence-corrected chi connectivity index (χ0v) is 14.4. The number of rotatable bonds is 8. The highest BCUT2D eigenvalue weighted by atomic mass is 35.5. The van der Waals surface area contributed by atoms with Crippen LogP contribution >= 0.6 is 23.2 Å². The Morgan fingerprint density at radius 2 is 1.86 bits per heavy atom. The maximum absolute atomic E-state index is 12.1. The van der Waals surface area contributed by atoms with Gasteiger partial charge in [0.1, 0.15) is 4.90 Å². The summed E-state index contributed by atoms with van der Waals surface area (Å²) in [6.07, 6.45) is 0.674. The highest BCUT2D eigenvalue weighted by Crippen LogP contribution is 2.28. The molecule has 0 aromatic heterocycles. The van der Waals surface area contributed by atoms with Crippen LogP contribution in [0.5, 0.6) is 0 Å². The Balaban J connectivity index is 2.52. The standard InChI is InChI=1S/C13H19Cl2N3O3S/c1-9(16)5-7-17-12(19)6-8-18-22(20,21)13-10(14)3-2-4-11(13)15/h2-4,9,18H,5-8,16H2,1H3,(H,17,19). The van der Waals surface area contributed by atoms with Gasteiger partial charge in [-0.05, 0) is 25.5 Å². The maximum Gasteiger partial charge on any atom is 0.243 e. The van der Waals surface area contributed by atoms with Gasteiger partial charge in [-0.15, -0.1) is 0 Å². The number of carbonyl (C=O) groups excluding carboxylic acids is 1. The van der Waals surface area contributed by atoms with E-state index in [4.69, 9.17) is 28.9 Å². The summed E-state index contributed by atoms with van der Waals surface area (Å²) in [7, 11) is -3.87. The van der Waals surface area contributed by atoms with E-state index in [1.807, 2.05) is 6.92 Å². The molecular formula is C13H19Cl2N3O3S. The van der Waals surface area contributed by atoms with Gasteiger partial charge in [0.2, 0.25) is 15.9 Å². The molecule has 6 nitrogen and oxygen atoms in total. The molecule has 0 fully saturated rings. The van der Waals surface area contributed by atoms with E-state index in [-0.39, 0.29) is 39.9 Å². The zero-order valence-electron chi connectivity index (χ0n) is 12.1.